The van der Waals surface area contributed by atoms with Gasteiger partial charge in [-0.05, 0) is 32.9 Å². The van der Waals surface area contributed by atoms with Gasteiger partial charge in [-0.15, -0.1) is 0 Å². The summed E-state index contributed by atoms with van der Waals surface area (Å²) in [6.45, 7) is 7.69. The van der Waals surface area contributed by atoms with Gasteiger partial charge in [0.2, 0.25) is 10.0 Å². The summed E-state index contributed by atoms with van der Waals surface area (Å²) < 4.78 is 37.9. The van der Waals surface area contributed by atoms with E-state index in [0.717, 1.165) is 5.56 Å². The largest absolute Gasteiger partial charge is 0.350 e. The minimum atomic E-state index is -3.40. The Morgan fingerprint density at radius 2 is 1.57 bits per heavy atom. The fourth-order valence-electron chi connectivity index (χ4n) is 2.65. The van der Waals surface area contributed by atoms with Crippen molar-refractivity contribution in [2.24, 2.45) is 5.41 Å². The van der Waals surface area contributed by atoms with Crippen molar-refractivity contribution in [2.45, 2.75) is 31.5 Å². The van der Waals surface area contributed by atoms with E-state index in [1.54, 1.807) is 12.1 Å². The molecule has 116 valence electrons. The predicted octanol–water partition coefficient (Wildman–Crippen LogP) is 1.77. The van der Waals surface area contributed by atoms with E-state index in [0.29, 0.717) is 31.2 Å². The lowest BCUT2D eigenvalue weighted by atomic mass is 9.82. The third kappa shape index (κ3) is 2.73. The van der Waals surface area contributed by atoms with Gasteiger partial charge in [-0.25, -0.2) is 8.42 Å². The fraction of sp³-hybridized carbons (Fsp3) is 0.600. The van der Waals surface area contributed by atoms with Crippen LogP contribution in [0.3, 0.4) is 0 Å². The number of nitrogens with zero attached hydrogens (tertiary/aromatic N) is 1. The van der Waals surface area contributed by atoms with E-state index in [-0.39, 0.29) is 5.41 Å². The van der Waals surface area contributed by atoms with Crippen molar-refractivity contribution in [3.05, 3.63) is 29.8 Å². The molecule has 2 aliphatic heterocycles. The topological polar surface area (TPSA) is 55.8 Å². The van der Waals surface area contributed by atoms with Crippen LogP contribution in [-0.2, 0) is 19.5 Å². The van der Waals surface area contributed by atoms with Crippen LogP contribution < -0.4 is 0 Å². The molecule has 0 aromatic heterocycles. The molecular formula is C15H21NO4S. The van der Waals surface area contributed by atoms with Crippen molar-refractivity contribution < 1.29 is 17.9 Å². The van der Waals surface area contributed by atoms with Crippen LogP contribution in [-0.4, -0.2) is 44.8 Å². The van der Waals surface area contributed by atoms with Crippen LogP contribution in [0.2, 0.25) is 0 Å². The van der Waals surface area contributed by atoms with Gasteiger partial charge in [0.1, 0.15) is 0 Å². The van der Waals surface area contributed by atoms with Crippen molar-refractivity contribution in [1.82, 2.24) is 4.31 Å². The first-order chi connectivity index (χ1) is 9.73. The molecule has 0 radical (unpaired) electrons. The van der Waals surface area contributed by atoms with Gasteiger partial charge in [0.15, 0.2) is 5.79 Å². The van der Waals surface area contributed by atoms with E-state index in [1.165, 1.54) is 4.31 Å². The molecule has 0 saturated carbocycles. The Kier molecular flexibility index (Phi) is 3.40. The van der Waals surface area contributed by atoms with Crippen LogP contribution in [0, 0.1) is 12.3 Å². The predicted molar refractivity (Wildman–Crippen MR) is 78.4 cm³/mol. The van der Waals surface area contributed by atoms with Gasteiger partial charge < -0.3 is 9.47 Å². The molecule has 2 fully saturated rings. The van der Waals surface area contributed by atoms with Crippen molar-refractivity contribution in [1.29, 1.82) is 0 Å². The van der Waals surface area contributed by atoms with E-state index in [2.05, 4.69) is 0 Å². The zero-order chi connectivity index (χ0) is 15.3. The van der Waals surface area contributed by atoms with Gasteiger partial charge in [-0.1, -0.05) is 17.7 Å². The van der Waals surface area contributed by atoms with Crippen molar-refractivity contribution >= 4 is 10.0 Å². The maximum Gasteiger partial charge on any atom is 0.243 e. The van der Waals surface area contributed by atoms with E-state index in [4.69, 9.17) is 9.47 Å². The molecule has 2 aliphatic rings. The van der Waals surface area contributed by atoms with Crippen LogP contribution in [0.1, 0.15) is 19.4 Å². The SMILES string of the molecule is Cc1ccc(S(=O)(=O)N2CC3(COC(C)(C)OC3)C2)cc1. The summed E-state index contributed by atoms with van der Waals surface area (Å²) in [5.74, 6) is -0.568. The Hall–Kier alpha value is -0.950. The highest BCUT2D eigenvalue weighted by Crippen LogP contribution is 2.40. The maximum atomic E-state index is 12.5. The highest BCUT2D eigenvalue weighted by molar-refractivity contribution is 7.89. The lowest BCUT2D eigenvalue weighted by molar-refractivity contribution is -0.299. The van der Waals surface area contributed by atoms with Crippen LogP contribution in [0.25, 0.3) is 0 Å². The molecular weight excluding hydrogens is 290 g/mol. The molecule has 1 aromatic rings. The molecule has 2 heterocycles. The first-order valence-electron chi connectivity index (χ1n) is 7.07. The Balaban J connectivity index is 1.70. The highest BCUT2D eigenvalue weighted by Gasteiger charge is 2.52. The van der Waals surface area contributed by atoms with Gasteiger partial charge in [0.25, 0.3) is 0 Å². The molecule has 5 nitrogen and oxygen atoms in total. The van der Waals surface area contributed by atoms with Gasteiger partial charge >= 0.3 is 0 Å². The summed E-state index contributed by atoms with van der Waals surface area (Å²) in [4.78, 5) is 0.348. The Labute approximate surface area is 125 Å². The zero-order valence-corrected chi connectivity index (χ0v) is 13.4. The first-order valence-corrected chi connectivity index (χ1v) is 8.51. The van der Waals surface area contributed by atoms with Crippen molar-refractivity contribution in [3.63, 3.8) is 0 Å². The van der Waals surface area contributed by atoms with Gasteiger partial charge in [-0.2, -0.15) is 4.31 Å². The van der Waals surface area contributed by atoms with Gasteiger partial charge in [-0.3, -0.25) is 0 Å². The van der Waals surface area contributed by atoms with Gasteiger partial charge in [0.05, 0.1) is 18.1 Å². The van der Waals surface area contributed by atoms with Crippen LogP contribution in [0.5, 0.6) is 0 Å². The average Bonchev–Trinajstić information content (AvgIpc) is 2.37. The minimum absolute atomic E-state index is 0.187. The standard InChI is InChI=1S/C15H21NO4S/c1-12-4-6-13(7-5-12)21(17,18)16-8-15(9-16)10-19-14(2,3)20-11-15/h4-7H,8-11H2,1-3H3. The third-order valence-electron chi connectivity index (χ3n) is 4.13. The number of ether oxygens (including phenoxy) is 2. The normalized spacial score (nSPS) is 24.7. The smallest absolute Gasteiger partial charge is 0.243 e. The molecule has 3 rings (SSSR count). The molecule has 2 saturated heterocycles. The summed E-state index contributed by atoms with van der Waals surface area (Å²) in [6.07, 6.45) is 0. The molecule has 0 N–H and O–H groups in total. The first kappa shape index (κ1) is 15.0. The maximum absolute atomic E-state index is 12.5. The van der Waals surface area contributed by atoms with Crippen LogP contribution >= 0.6 is 0 Å². The molecule has 0 unspecified atom stereocenters. The number of aryl methyl sites for hydroxylation is 1. The lowest BCUT2D eigenvalue weighted by Gasteiger charge is -2.53. The van der Waals surface area contributed by atoms with E-state index >= 15 is 0 Å². The van der Waals surface area contributed by atoms with E-state index in [1.807, 2.05) is 32.9 Å². The highest BCUT2D eigenvalue weighted by atomic mass is 32.2. The van der Waals surface area contributed by atoms with E-state index in [9.17, 15) is 8.42 Å². The van der Waals surface area contributed by atoms with Crippen molar-refractivity contribution in [3.8, 4) is 0 Å². The second-order valence-electron chi connectivity index (χ2n) is 6.56. The summed E-state index contributed by atoms with van der Waals surface area (Å²) in [6, 6.07) is 6.95. The van der Waals surface area contributed by atoms with Crippen molar-refractivity contribution in [2.75, 3.05) is 26.3 Å². The third-order valence-corrected chi connectivity index (χ3v) is 5.94. The Bertz CT molecular complexity index is 618. The number of hydrogen-bond donors (Lipinski definition) is 0. The summed E-state index contributed by atoms with van der Waals surface area (Å²) >= 11 is 0. The lowest BCUT2D eigenvalue weighted by Crippen LogP contribution is -2.65. The van der Waals surface area contributed by atoms with E-state index < -0.39 is 15.8 Å². The van der Waals surface area contributed by atoms with Crippen LogP contribution in [0.4, 0.5) is 0 Å². The molecule has 21 heavy (non-hydrogen) atoms. The molecule has 0 amide bonds. The van der Waals surface area contributed by atoms with Crippen LogP contribution in [0.15, 0.2) is 29.2 Å². The monoisotopic (exact) mass is 311 g/mol. The number of sulfonamides is 1. The summed E-state index contributed by atoms with van der Waals surface area (Å²) in [7, 11) is -3.40. The molecule has 0 atom stereocenters. The number of benzene rings is 1. The second kappa shape index (κ2) is 4.78. The van der Waals surface area contributed by atoms with Gasteiger partial charge in [0, 0.05) is 18.5 Å². The molecule has 0 bridgehead atoms. The molecule has 1 spiro atoms. The summed E-state index contributed by atoms with van der Waals surface area (Å²) in [5.41, 5.74) is 0.859. The quantitative estimate of drug-likeness (QED) is 0.835. The number of rotatable bonds is 2. The summed E-state index contributed by atoms with van der Waals surface area (Å²) in [5, 5.41) is 0. The Morgan fingerprint density at radius 3 is 2.10 bits per heavy atom. The molecule has 6 heteroatoms. The molecule has 0 aliphatic carbocycles. The fourth-order valence-corrected chi connectivity index (χ4v) is 4.32. The number of hydrogen-bond acceptors (Lipinski definition) is 4. The average molecular weight is 311 g/mol. The Morgan fingerprint density at radius 1 is 1.05 bits per heavy atom. The second-order valence-corrected chi connectivity index (χ2v) is 8.50. The zero-order valence-electron chi connectivity index (χ0n) is 12.6. The molecule has 1 aromatic carbocycles. The minimum Gasteiger partial charge on any atom is -0.350 e.